The van der Waals surface area contributed by atoms with Gasteiger partial charge in [0.15, 0.2) is 0 Å². The van der Waals surface area contributed by atoms with Gasteiger partial charge in [-0.25, -0.2) is 4.68 Å². The molecule has 0 aliphatic rings. The van der Waals surface area contributed by atoms with Crippen LogP contribution in [0.25, 0.3) is 0 Å². The highest BCUT2D eigenvalue weighted by Crippen LogP contribution is 2.18. The molecule has 6 nitrogen and oxygen atoms in total. The van der Waals surface area contributed by atoms with Gasteiger partial charge in [0.05, 0.1) is 11.9 Å². The first kappa shape index (κ1) is 14.5. The number of hydrogen-bond donors (Lipinski definition) is 2. The summed E-state index contributed by atoms with van der Waals surface area (Å²) in [4.78, 5) is 23.3. The lowest BCUT2D eigenvalue weighted by molar-refractivity contribution is -0.122. The Morgan fingerprint density at radius 2 is 2.11 bits per heavy atom. The van der Waals surface area contributed by atoms with Gasteiger partial charge in [0.25, 0.3) is 5.56 Å². The zero-order chi connectivity index (χ0) is 13.9. The Morgan fingerprint density at radius 1 is 1.50 bits per heavy atom. The molecule has 0 fully saturated rings. The fourth-order valence-electron chi connectivity index (χ4n) is 1.47. The lowest BCUT2D eigenvalue weighted by Gasteiger charge is -2.22. The van der Waals surface area contributed by atoms with E-state index in [1.807, 2.05) is 13.8 Å². The zero-order valence-electron chi connectivity index (χ0n) is 10.8. The fourth-order valence-corrected chi connectivity index (χ4v) is 1.69. The van der Waals surface area contributed by atoms with E-state index in [2.05, 4.69) is 15.7 Å². The smallest absolute Gasteiger partial charge is 0.287 e. The van der Waals surface area contributed by atoms with Gasteiger partial charge >= 0.3 is 0 Å². The molecule has 0 aliphatic heterocycles. The van der Waals surface area contributed by atoms with Crippen molar-refractivity contribution in [2.24, 2.45) is 13.0 Å². The SMILES string of the molecule is CNC(=O)C(Nc1cnn(C)c(=O)c1Cl)C(C)C. The second kappa shape index (κ2) is 5.86. The topological polar surface area (TPSA) is 76.0 Å². The van der Waals surface area contributed by atoms with Crippen molar-refractivity contribution in [2.45, 2.75) is 19.9 Å². The van der Waals surface area contributed by atoms with E-state index >= 15 is 0 Å². The molecule has 0 bridgehead atoms. The summed E-state index contributed by atoms with van der Waals surface area (Å²) in [5.41, 5.74) is -0.0388. The standard InChI is InChI=1S/C11H17ClN4O2/c1-6(2)9(10(17)13-3)15-7-5-14-16(4)11(18)8(7)12/h5-6,9,15H,1-4H3,(H,13,17). The van der Waals surface area contributed by atoms with Crippen LogP contribution in [0.2, 0.25) is 5.02 Å². The van der Waals surface area contributed by atoms with Crippen LogP contribution in [0.15, 0.2) is 11.0 Å². The van der Waals surface area contributed by atoms with E-state index < -0.39 is 11.6 Å². The molecule has 7 heteroatoms. The van der Waals surface area contributed by atoms with Crippen LogP contribution in [-0.4, -0.2) is 28.8 Å². The average molecular weight is 273 g/mol. The van der Waals surface area contributed by atoms with Gasteiger partial charge < -0.3 is 10.6 Å². The third kappa shape index (κ3) is 3.01. The highest BCUT2D eigenvalue weighted by atomic mass is 35.5. The molecule has 0 aromatic carbocycles. The van der Waals surface area contributed by atoms with E-state index in [0.29, 0.717) is 5.69 Å². The molecule has 1 atom stereocenters. The highest BCUT2D eigenvalue weighted by Gasteiger charge is 2.22. The Balaban J connectivity index is 3.06. The minimum Gasteiger partial charge on any atom is -0.371 e. The first-order valence-electron chi connectivity index (χ1n) is 5.58. The van der Waals surface area contributed by atoms with Crippen LogP contribution in [0, 0.1) is 5.92 Å². The first-order chi connectivity index (χ1) is 8.38. The van der Waals surface area contributed by atoms with Crippen molar-refractivity contribution < 1.29 is 4.79 Å². The fraction of sp³-hybridized carbons (Fsp3) is 0.545. The van der Waals surface area contributed by atoms with Crippen LogP contribution in [-0.2, 0) is 11.8 Å². The largest absolute Gasteiger partial charge is 0.371 e. The summed E-state index contributed by atoms with van der Waals surface area (Å²) in [6.07, 6.45) is 1.43. The lowest BCUT2D eigenvalue weighted by atomic mass is 10.0. The Bertz CT molecular complexity index is 498. The van der Waals surface area contributed by atoms with Gasteiger partial charge in [0.2, 0.25) is 5.91 Å². The molecule has 1 rings (SSSR count). The molecular formula is C11H17ClN4O2. The molecule has 1 aromatic rings. The quantitative estimate of drug-likeness (QED) is 0.842. The van der Waals surface area contributed by atoms with Crippen molar-refractivity contribution in [1.29, 1.82) is 0 Å². The Morgan fingerprint density at radius 3 is 2.61 bits per heavy atom. The summed E-state index contributed by atoms with van der Waals surface area (Å²) in [5.74, 6) is -0.119. The minimum absolute atomic E-state index is 0.0297. The van der Waals surface area contributed by atoms with E-state index in [0.717, 1.165) is 4.68 Å². The summed E-state index contributed by atoms with van der Waals surface area (Å²) in [6.45, 7) is 3.80. The van der Waals surface area contributed by atoms with Gasteiger partial charge in [-0.15, -0.1) is 0 Å². The number of aryl methyl sites for hydroxylation is 1. The second-order valence-corrected chi connectivity index (χ2v) is 4.66. The molecular weight excluding hydrogens is 256 g/mol. The summed E-state index contributed by atoms with van der Waals surface area (Å²) in [5, 5.41) is 9.40. The van der Waals surface area contributed by atoms with Gasteiger partial charge in [-0.3, -0.25) is 9.59 Å². The van der Waals surface area contributed by atoms with E-state index in [1.165, 1.54) is 13.2 Å². The molecule has 0 aliphatic carbocycles. The van der Waals surface area contributed by atoms with E-state index in [-0.39, 0.29) is 16.8 Å². The number of hydrogen-bond acceptors (Lipinski definition) is 4. The van der Waals surface area contributed by atoms with Crippen LogP contribution >= 0.6 is 11.6 Å². The maximum Gasteiger partial charge on any atom is 0.287 e. The summed E-state index contributed by atoms with van der Waals surface area (Å²) < 4.78 is 1.14. The van der Waals surface area contributed by atoms with E-state index in [4.69, 9.17) is 11.6 Å². The predicted molar refractivity (Wildman–Crippen MR) is 70.8 cm³/mol. The van der Waals surface area contributed by atoms with Crippen molar-refractivity contribution in [3.05, 3.63) is 21.6 Å². The highest BCUT2D eigenvalue weighted by molar-refractivity contribution is 6.33. The Hall–Kier alpha value is -1.56. The number of anilines is 1. The number of likely N-dealkylation sites (N-methyl/N-ethyl adjacent to an activating group) is 1. The number of carbonyl (C=O) groups is 1. The van der Waals surface area contributed by atoms with Gasteiger partial charge in [-0.1, -0.05) is 25.4 Å². The maximum absolute atomic E-state index is 11.7. The van der Waals surface area contributed by atoms with Gasteiger partial charge in [-0.2, -0.15) is 5.10 Å². The zero-order valence-corrected chi connectivity index (χ0v) is 11.6. The lowest BCUT2D eigenvalue weighted by Crippen LogP contribution is -2.41. The summed E-state index contributed by atoms with van der Waals surface area (Å²) in [6, 6.07) is -0.471. The normalized spacial score (nSPS) is 12.3. The van der Waals surface area contributed by atoms with Crippen LogP contribution in [0.5, 0.6) is 0 Å². The molecule has 1 aromatic heterocycles. The van der Waals surface area contributed by atoms with E-state index in [9.17, 15) is 9.59 Å². The average Bonchev–Trinajstić information content (AvgIpc) is 2.34. The minimum atomic E-state index is -0.471. The molecule has 18 heavy (non-hydrogen) atoms. The maximum atomic E-state index is 11.7. The van der Waals surface area contributed by atoms with Crippen molar-refractivity contribution in [3.8, 4) is 0 Å². The number of halogens is 1. The van der Waals surface area contributed by atoms with Crippen molar-refractivity contribution in [2.75, 3.05) is 12.4 Å². The first-order valence-corrected chi connectivity index (χ1v) is 5.96. The molecule has 0 spiro atoms. The molecule has 0 radical (unpaired) electrons. The third-order valence-electron chi connectivity index (χ3n) is 2.58. The Labute approximate surface area is 110 Å². The van der Waals surface area contributed by atoms with Crippen LogP contribution in [0.1, 0.15) is 13.8 Å². The van der Waals surface area contributed by atoms with Crippen molar-refractivity contribution in [1.82, 2.24) is 15.1 Å². The number of nitrogens with one attached hydrogen (secondary N) is 2. The molecule has 1 heterocycles. The number of aromatic nitrogens is 2. The summed E-state index contributed by atoms with van der Waals surface area (Å²) >= 11 is 5.93. The van der Waals surface area contributed by atoms with Crippen LogP contribution in [0.4, 0.5) is 5.69 Å². The monoisotopic (exact) mass is 272 g/mol. The van der Waals surface area contributed by atoms with Gasteiger partial charge in [0, 0.05) is 14.1 Å². The number of rotatable bonds is 4. The van der Waals surface area contributed by atoms with Crippen molar-refractivity contribution in [3.63, 3.8) is 0 Å². The number of nitrogens with zero attached hydrogens (tertiary/aromatic N) is 2. The predicted octanol–water partition coefficient (Wildman–Crippen LogP) is 0.616. The Kier molecular flexibility index (Phi) is 4.72. The molecule has 0 saturated heterocycles. The second-order valence-electron chi connectivity index (χ2n) is 4.28. The van der Waals surface area contributed by atoms with Crippen molar-refractivity contribution >= 4 is 23.2 Å². The summed E-state index contributed by atoms with van der Waals surface area (Å²) in [7, 11) is 3.07. The number of amides is 1. The third-order valence-corrected chi connectivity index (χ3v) is 2.95. The molecule has 2 N–H and O–H groups in total. The van der Waals surface area contributed by atoms with Crippen LogP contribution in [0.3, 0.4) is 0 Å². The molecule has 1 amide bonds. The van der Waals surface area contributed by atoms with Crippen LogP contribution < -0.4 is 16.2 Å². The van der Waals surface area contributed by atoms with E-state index in [1.54, 1.807) is 7.05 Å². The van der Waals surface area contributed by atoms with Gasteiger partial charge in [0.1, 0.15) is 11.1 Å². The molecule has 1 unspecified atom stereocenters. The van der Waals surface area contributed by atoms with Gasteiger partial charge in [-0.05, 0) is 5.92 Å². The molecule has 100 valence electrons. The molecule has 0 saturated carbocycles. The number of carbonyl (C=O) groups excluding carboxylic acids is 1.